The summed E-state index contributed by atoms with van der Waals surface area (Å²) in [6, 6.07) is 0. The van der Waals surface area contributed by atoms with E-state index in [1.54, 1.807) is 0 Å². The highest BCUT2D eigenvalue weighted by molar-refractivity contribution is 5.40. The van der Waals surface area contributed by atoms with Crippen molar-refractivity contribution in [2.45, 2.75) is 33.1 Å². The molecule has 0 radical (unpaired) electrons. The van der Waals surface area contributed by atoms with Crippen molar-refractivity contribution in [1.29, 1.82) is 0 Å². The molecule has 1 aromatic heterocycles. The molecular weight excluding hydrogens is 164 g/mol. The lowest BCUT2D eigenvalue weighted by Crippen LogP contribution is -2.19. The molecule has 0 saturated carbocycles. The van der Waals surface area contributed by atoms with E-state index in [1.807, 2.05) is 0 Å². The van der Waals surface area contributed by atoms with Crippen molar-refractivity contribution >= 4 is 5.88 Å². The van der Waals surface area contributed by atoms with Crippen molar-refractivity contribution in [3.05, 3.63) is 11.3 Å². The second-order valence-corrected chi connectivity index (χ2v) is 4.22. The van der Waals surface area contributed by atoms with Gasteiger partial charge in [0.25, 0.3) is 0 Å². The maximum Gasteiger partial charge on any atom is 0.225 e. The van der Waals surface area contributed by atoms with Crippen LogP contribution in [-0.4, -0.2) is 5.16 Å². The first kappa shape index (κ1) is 8.60. The van der Waals surface area contributed by atoms with Gasteiger partial charge in [-0.2, -0.15) is 0 Å². The highest BCUT2D eigenvalue weighted by Gasteiger charge is 2.25. The normalized spacial score (nSPS) is 21.9. The van der Waals surface area contributed by atoms with Crippen molar-refractivity contribution in [2.75, 3.05) is 5.73 Å². The number of fused-ring (bicyclic) bond motifs is 1. The third kappa shape index (κ3) is 1.43. The van der Waals surface area contributed by atoms with Crippen LogP contribution >= 0.6 is 0 Å². The van der Waals surface area contributed by atoms with Crippen LogP contribution in [0.2, 0.25) is 0 Å². The predicted molar refractivity (Wildman–Crippen MR) is 51.3 cm³/mol. The Morgan fingerprint density at radius 1 is 1.54 bits per heavy atom. The minimum atomic E-state index is 0.528. The average Bonchev–Trinajstić information content (AvgIpc) is 2.47. The molecule has 72 valence electrons. The first-order chi connectivity index (χ1) is 6.18. The third-order valence-corrected chi connectivity index (χ3v) is 3.06. The van der Waals surface area contributed by atoms with Crippen molar-refractivity contribution in [3.63, 3.8) is 0 Å². The van der Waals surface area contributed by atoms with E-state index in [4.69, 9.17) is 10.3 Å². The largest absolute Gasteiger partial charge is 0.367 e. The van der Waals surface area contributed by atoms with Gasteiger partial charge in [-0.25, -0.2) is 0 Å². The number of aromatic nitrogens is 1. The van der Waals surface area contributed by atoms with Gasteiger partial charge in [0.05, 0.1) is 5.69 Å². The third-order valence-electron chi connectivity index (χ3n) is 3.06. The Morgan fingerprint density at radius 3 is 3.00 bits per heavy atom. The van der Waals surface area contributed by atoms with Crippen LogP contribution in [0.3, 0.4) is 0 Å². The number of aryl methyl sites for hydroxylation is 1. The zero-order valence-electron chi connectivity index (χ0n) is 8.21. The Labute approximate surface area is 78.3 Å². The number of hydrogen-bond acceptors (Lipinski definition) is 3. The number of hydrogen-bond donors (Lipinski definition) is 1. The van der Waals surface area contributed by atoms with Gasteiger partial charge in [0.2, 0.25) is 5.88 Å². The van der Waals surface area contributed by atoms with E-state index in [2.05, 4.69) is 19.0 Å². The summed E-state index contributed by atoms with van der Waals surface area (Å²) in [6.45, 7) is 4.53. The first-order valence-electron chi connectivity index (χ1n) is 4.91. The number of nitrogen functional groups attached to an aromatic ring is 1. The fourth-order valence-corrected chi connectivity index (χ4v) is 2.03. The molecule has 0 saturated heterocycles. The molecule has 0 fully saturated rings. The lowest BCUT2D eigenvalue weighted by Gasteiger charge is -2.24. The van der Waals surface area contributed by atoms with Crippen LogP contribution in [0, 0.1) is 11.8 Å². The van der Waals surface area contributed by atoms with Gasteiger partial charge < -0.3 is 10.3 Å². The molecule has 3 nitrogen and oxygen atoms in total. The van der Waals surface area contributed by atoms with E-state index in [0.717, 1.165) is 35.9 Å². The Bertz CT molecular complexity index is 304. The molecule has 0 bridgehead atoms. The number of anilines is 1. The van der Waals surface area contributed by atoms with Gasteiger partial charge >= 0.3 is 0 Å². The molecule has 1 aliphatic rings. The molecular formula is C10H16N2O. The summed E-state index contributed by atoms with van der Waals surface area (Å²) in [7, 11) is 0. The molecule has 0 amide bonds. The van der Waals surface area contributed by atoms with Gasteiger partial charge in [-0.05, 0) is 31.1 Å². The summed E-state index contributed by atoms with van der Waals surface area (Å²) in [6.07, 6.45) is 3.29. The quantitative estimate of drug-likeness (QED) is 0.719. The number of rotatable bonds is 1. The zero-order valence-corrected chi connectivity index (χ0v) is 8.21. The minimum absolute atomic E-state index is 0.528. The Kier molecular flexibility index (Phi) is 2.02. The lowest BCUT2D eigenvalue weighted by atomic mass is 9.80. The van der Waals surface area contributed by atoms with Gasteiger partial charge in [0.1, 0.15) is 0 Å². The molecule has 0 aromatic carbocycles. The lowest BCUT2D eigenvalue weighted by molar-refractivity contribution is 0.340. The second kappa shape index (κ2) is 3.05. The van der Waals surface area contributed by atoms with E-state index in [9.17, 15) is 0 Å². The van der Waals surface area contributed by atoms with Crippen molar-refractivity contribution in [2.24, 2.45) is 11.8 Å². The molecule has 2 rings (SSSR count). The van der Waals surface area contributed by atoms with E-state index in [-0.39, 0.29) is 0 Å². The summed E-state index contributed by atoms with van der Waals surface area (Å²) >= 11 is 0. The van der Waals surface area contributed by atoms with Crippen LogP contribution < -0.4 is 5.73 Å². The summed E-state index contributed by atoms with van der Waals surface area (Å²) in [5.74, 6) is 2.00. The Balaban J connectivity index is 2.22. The molecule has 1 unspecified atom stereocenters. The monoisotopic (exact) mass is 180 g/mol. The second-order valence-electron chi connectivity index (χ2n) is 4.22. The maximum absolute atomic E-state index is 5.69. The highest BCUT2D eigenvalue weighted by Crippen LogP contribution is 2.32. The summed E-state index contributed by atoms with van der Waals surface area (Å²) in [5, 5.41) is 3.95. The summed E-state index contributed by atoms with van der Waals surface area (Å²) in [4.78, 5) is 0. The van der Waals surface area contributed by atoms with E-state index >= 15 is 0 Å². The fraction of sp³-hybridized carbons (Fsp3) is 0.700. The van der Waals surface area contributed by atoms with Gasteiger partial charge in [-0.3, -0.25) is 0 Å². The smallest absolute Gasteiger partial charge is 0.225 e. The van der Waals surface area contributed by atoms with E-state index in [1.165, 1.54) is 6.42 Å². The Morgan fingerprint density at radius 2 is 2.31 bits per heavy atom. The molecule has 1 aromatic rings. The van der Waals surface area contributed by atoms with Crippen LogP contribution in [0.5, 0.6) is 0 Å². The zero-order chi connectivity index (χ0) is 9.42. The average molecular weight is 180 g/mol. The topological polar surface area (TPSA) is 52.0 Å². The molecule has 2 N–H and O–H groups in total. The standard InChI is InChI=1S/C10H16N2O/c1-6(2)7-3-4-9-8(5-7)10(11)13-12-9/h6-7H,3-5,11H2,1-2H3. The SMILES string of the molecule is CC(C)C1CCc2noc(N)c2C1. The van der Waals surface area contributed by atoms with Crippen LogP contribution in [0.25, 0.3) is 0 Å². The van der Waals surface area contributed by atoms with Gasteiger partial charge in [-0.1, -0.05) is 19.0 Å². The highest BCUT2D eigenvalue weighted by atomic mass is 16.5. The van der Waals surface area contributed by atoms with Crippen molar-refractivity contribution < 1.29 is 4.52 Å². The summed E-state index contributed by atoms with van der Waals surface area (Å²) in [5.41, 5.74) is 7.93. The molecule has 1 heterocycles. The number of nitrogens with two attached hydrogens (primary N) is 1. The minimum Gasteiger partial charge on any atom is -0.367 e. The van der Waals surface area contributed by atoms with E-state index in [0.29, 0.717) is 5.88 Å². The molecule has 3 heteroatoms. The predicted octanol–water partition coefficient (Wildman–Crippen LogP) is 2.02. The van der Waals surface area contributed by atoms with Crippen molar-refractivity contribution in [1.82, 2.24) is 5.16 Å². The van der Waals surface area contributed by atoms with Crippen LogP contribution in [0.4, 0.5) is 5.88 Å². The summed E-state index contributed by atoms with van der Waals surface area (Å²) < 4.78 is 4.97. The van der Waals surface area contributed by atoms with Crippen LogP contribution in [0.1, 0.15) is 31.5 Å². The number of nitrogens with zero attached hydrogens (tertiary/aromatic N) is 1. The van der Waals surface area contributed by atoms with E-state index < -0.39 is 0 Å². The van der Waals surface area contributed by atoms with Gasteiger partial charge in [-0.15, -0.1) is 0 Å². The molecule has 1 atom stereocenters. The molecule has 0 spiro atoms. The molecule has 13 heavy (non-hydrogen) atoms. The van der Waals surface area contributed by atoms with Crippen LogP contribution in [-0.2, 0) is 12.8 Å². The fourth-order valence-electron chi connectivity index (χ4n) is 2.03. The molecule has 0 aliphatic heterocycles. The maximum atomic E-state index is 5.69. The first-order valence-corrected chi connectivity index (χ1v) is 4.91. The van der Waals surface area contributed by atoms with Gasteiger partial charge in [0.15, 0.2) is 0 Å². The van der Waals surface area contributed by atoms with Crippen molar-refractivity contribution in [3.8, 4) is 0 Å². The molecule has 1 aliphatic carbocycles. The van der Waals surface area contributed by atoms with Crippen LogP contribution in [0.15, 0.2) is 4.52 Å². The Hall–Kier alpha value is -0.990. The van der Waals surface area contributed by atoms with Gasteiger partial charge in [0, 0.05) is 5.56 Å².